The van der Waals surface area contributed by atoms with Gasteiger partial charge in [0.1, 0.15) is 0 Å². The average molecular weight is 307 g/mol. The molecular weight excluding hydrogens is 286 g/mol. The van der Waals surface area contributed by atoms with Gasteiger partial charge in [-0.15, -0.1) is 0 Å². The lowest BCUT2D eigenvalue weighted by molar-refractivity contribution is -0.126. The zero-order valence-corrected chi connectivity index (χ0v) is 13.1. The highest BCUT2D eigenvalue weighted by Crippen LogP contribution is 2.27. The van der Waals surface area contributed by atoms with Crippen molar-refractivity contribution in [2.24, 2.45) is 11.8 Å². The molecule has 21 heavy (non-hydrogen) atoms. The quantitative estimate of drug-likeness (QED) is 0.844. The maximum absolute atomic E-state index is 12.5. The largest absolute Gasteiger partial charge is 0.353 e. The highest BCUT2D eigenvalue weighted by atomic mass is 32.2. The molecule has 1 saturated carbocycles. The molecule has 0 saturated heterocycles. The van der Waals surface area contributed by atoms with Crippen LogP contribution in [0.2, 0.25) is 0 Å². The molecule has 1 aromatic rings. The second-order valence-corrected chi connectivity index (χ2v) is 7.05. The van der Waals surface area contributed by atoms with E-state index in [0.717, 1.165) is 11.6 Å². The van der Waals surface area contributed by atoms with Crippen molar-refractivity contribution in [2.75, 3.05) is 5.75 Å². The second-order valence-electron chi connectivity index (χ2n) is 6.06. The maximum Gasteiger partial charge on any atom is 0.254 e. The topological polar surface area (TPSA) is 64.0 Å². The lowest BCUT2D eigenvalue weighted by atomic mass is 9.85. The molecule has 6 heteroatoms. The number of amides is 1. The Morgan fingerprint density at radius 2 is 2.24 bits per heavy atom. The van der Waals surface area contributed by atoms with Gasteiger partial charge >= 0.3 is 0 Å². The molecule has 1 aromatic heterocycles. The third-order valence-corrected chi connectivity index (χ3v) is 5.68. The van der Waals surface area contributed by atoms with Gasteiger partial charge in [0.15, 0.2) is 5.16 Å². The number of fused-ring (bicyclic) bond motifs is 1. The third kappa shape index (κ3) is 3.15. The SMILES string of the molecule is CC1CCCCC1NC(=O)C1CSc2nccc(=O)n2C1. The monoisotopic (exact) mass is 307 g/mol. The van der Waals surface area contributed by atoms with Crippen LogP contribution in [-0.2, 0) is 11.3 Å². The van der Waals surface area contributed by atoms with Gasteiger partial charge in [0, 0.05) is 30.6 Å². The predicted octanol–water partition coefficient (Wildman–Crippen LogP) is 1.66. The van der Waals surface area contributed by atoms with Crippen LogP contribution in [0.1, 0.15) is 32.6 Å². The minimum atomic E-state index is -0.140. The van der Waals surface area contributed by atoms with Crippen molar-refractivity contribution in [2.45, 2.75) is 50.4 Å². The van der Waals surface area contributed by atoms with Crippen LogP contribution in [0.25, 0.3) is 0 Å². The Labute approximate surface area is 128 Å². The van der Waals surface area contributed by atoms with Crippen LogP contribution >= 0.6 is 11.8 Å². The number of carbonyl (C=O) groups is 1. The minimum Gasteiger partial charge on any atom is -0.353 e. The van der Waals surface area contributed by atoms with Crippen LogP contribution in [0.5, 0.6) is 0 Å². The number of hydrogen-bond acceptors (Lipinski definition) is 4. The fourth-order valence-electron chi connectivity index (χ4n) is 3.14. The van der Waals surface area contributed by atoms with Gasteiger partial charge in [-0.25, -0.2) is 4.98 Å². The van der Waals surface area contributed by atoms with Crippen LogP contribution in [-0.4, -0.2) is 27.3 Å². The summed E-state index contributed by atoms with van der Waals surface area (Å²) in [6.07, 6.45) is 6.26. The highest BCUT2D eigenvalue weighted by Gasteiger charge is 2.30. The van der Waals surface area contributed by atoms with E-state index >= 15 is 0 Å². The first-order valence-corrected chi connectivity index (χ1v) is 8.62. The van der Waals surface area contributed by atoms with Crippen molar-refractivity contribution in [3.8, 4) is 0 Å². The van der Waals surface area contributed by atoms with E-state index in [-0.39, 0.29) is 17.4 Å². The fourth-order valence-corrected chi connectivity index (χ4v) is 4.20. The molecule has 2 aliphatic rings. The Morgan fingerprint density at radius 1 is 1.43 bits per heavy atom. The summed E-state index contributed by atoms with van der Waals surface area (Å²) in [5, 5.41) is 3.92. The summed E-state index contributed by atoms with van der Waals surface area (Å²) in [5.74, 6) is 1.19. The summed E-state index contributed by atoms with van der Waals surface area (Å²) in [5.41, 5.74) is -0.0731. The number of carbonyl (C=O) groups excluding carboxylic acids is 1. The Morgan fingerprint density at radius 3 is 3.05 bits per heavy atom. The molecule has 5 nitrogen and oxygen atoms in total. The molecule has 1 N–H and O–H groups in total. The average Bonchev–Trinajstić information content (AvgIpc) is 2.50. The Bertz CT molecular complexity index is 587. The molecule has 1 fully saturated rings. The molecule has 0 aromatic carbocycles. The van der Waals surface area contributed by atoms with E-state index in [1.807, 2.05) is 0 Å². The molecule has 1 amide bonds. The van der Waals surface area contributed by atoms with E-state index in [1.54, 1.807) is 4.57 Å². The Balaban J connectivity index is 1.67. The molecule has 114 valence electrons. The first-order valence-electron chi connectivity index (χ1n) is 7.64. The number of aromatic nitrogens is 2. The Hall–Kier alpha value is -1.30. The van der Waals surface area contributed by atoms with Crippen molar-refractivity contribution in [1.82, 2.24) is 14.9 Å². The molecule has 3 unspecified atom stereocenters. The first-order chi connectivity index (χ1) is 10.1. The number of rotatable bonds is 2. The zero-order chi connectivity index (χ0) is 14.8. The first kappa shape index (κ1) is 14.6. The van der Waals surface area contributed by atoms with E-state index in [0.29, 0.717) is 24.3 Å². The van der Waals surface area contributed by atoms with Crippen molar-refractivity contribution in [3.05, 3.63) is 22.6 Å². The smallest absolute Gasteiger partial charge is 0.254 e. The second kappa shape index (κ2) is 6.22. The highest BCUT2D eigenvalue weighted by molar-refractivity contribution is 7.99. The maximum atomic E-state index is 12.5. The summed E-state index contributed by atoms with van der Waals surface area (Å²) in [4.78, 5) is 28.5. The van der Waals surface area contributed by atoms with Gasteiger partial charge in [0.05, 0.1) is 5.92 Å². The van der Waals surface area contributed by atoms with Crippen LogP contribution < -0.4 is 10.9 Å². The molecule has 0 spiro atoms. The van der Waals surface area contributed by atoms with Gasteiger partial charge in [-0.2, -0.15) is 0 Å². The molecule has 3 rings (SSSR count). The van der Waals surface area contributed by atoms with Gasteiger partial charge < -0.3 is 5.32 Å². The molecule has 0 radical (unpaired) electrons. The van der Waals surface area contributed by atoms with Crippen molar-refractivity contribution >= 4 is 17.7 Å². The zero-order valence-electron chi connectivity index (χ0n) is 12.2. The van der Waals surface area contributed by atoms with Crippen molar-refractivity contribution in [1.29, 1.82) is 0 Å². The van der Waals surface area contributed by atoms with E-state index in [2.05, 4.69) is 17.2 Å². The van der Waals surface area contributed by atoms with Crippen LogP contribution in [0.15, 0.2) is 22.2 Å². The molecule has 2 heterocycles. The predicted molar refractivity (Wildman–Crippen MR) is 82.3 cm³/mol. The van der Waals surface area contributed by atoms with Gasteiger partial charge in [-0.05, 0) is 18.8 Å². The van der Waals surface area contributed by atoms with Crippen LogP contribution in [0.4, 0.5) is 0 Å². The lowest BCUT2D eigenvalue weighted by Crippen LogP contribution is -2.46. The number of thioether (sulfide) groups is 1. The standard InChI is InChI=1S/C15H21N3O2S/c1-10-4-2-3-5-12(10)17-14(20)11-8-18-13(19)6-7-16-15(18)21-9-11/h6-7,10-12H,2-5,8-9H2,1H3,(H,17,20). The summed E-state index contributed by atoms with van der Waals surface area (Å²) in [6.45, 7) is 2.66. The van der Waals surface area contributed by atoms with Gasteiger partial charge in [0.2, 0.25) is 5.91 Å². The van der Waals surface area contributed by atoms with Gasteiger partial charge in [-0.1, -0.05) is 31.5 Å². The summed E-state index contributed by atoms with van der Waals surface area (Å²) < 4.78 is 1.61. The molecule has 0 bridgehead atoms. The van der Waals surface area contributed by atoms with Gasteiger partial charge in [0.25, 0.3) is 5.56 Å². The molecular formula is C15H21N3O2S. The van der Waals surface area contributed by atoms with Crippen LogP contribution in [0.3, 0.4) is 0 Å². The normalized spacial score (nSPS) is 28.7. The lowest BCUT2D eigenvalue weighted by Gasteiger charge is -2.32. The molecule has 1 aliphatic heterocycles. The molecule has 3 atom stereocenters. The van der Waals surface area contributed by atoms with E-state index in [4.69, 9.17) is 0 Å². The minimum absolute atomic E-state index is 0.0731. The summed E-state index contributed by atoms with van der Waals surface area (Å²) >= 11 is 1.49. The number of nitrogens with one attached hydrogen (secondary N) is 1. The third-order valence-electron chi connectivity index (χ3n) is 4.53. The fraction of sp³-hybridized carbons (Fsp3) is 0.667. The van der Waals surface area contributed by atoms with Crippen molar-refractivity contribution < 1.29 is 4.79 Å². The Kier molecular flexibility index (Phi) is 4.33. The summed E-state index contributed by atoms with van der Waals surface area (Å²) in [7, 11) is 0. The van der Waals surface area contributed by atoms with E-state index in [9.17, 15) is 9.59 Å². The number of nitrogens with zero attached hydrogens (tertiary/aromatic N) is 2. The number of hydrogen-bond donors (Lipinski definition) is 1. The van der Waals surface area contributed by atoms with E-state index < -0.39 is 0 Å². The molecule has 1 aliphatic carbocycles. The van der Waals surface area contributed by atoms with E-state index in [1.165, 1.54) is 43.3 Å². The summed E-state index contributed by atoms with van der Waals surface area (Å²) in [6, 6.07) is 1.75. The van der Waals surface area contributed by atoms with Crippen molar-refractivity contribution in [3.63, 3.8) is 0 Å². The van der Waals surface area contributed by atoms with Crippen LogP contribution in [0, 0.1) is 11.8 Å². The van der Waals surface area contributed by atoms with Gasteiger partial charge in [-0.3, -0.25) is 14.2 Å².